The molecule has 0 saturated carbocycles. The van der Waals surface area contributed by atoms with Crippen LogP contribution in [0.3, 0.4) is 0 Å². The van der Waals surface area contributed by atoms with Gasteiger partial charge in [0.25, 0.3) is 0 Å². The van der Waals surface area contributed by atoms with Crippen LogP contribution < -0.4 is 0 Å². The van der Waals surface area contributed by atoms with Crippen LogP contribution in [0.5, 0.6) is 0 Å². The number of halogens is 4. The van der Waals surface area contributed by atoms with Crippen molar-refractivity contribution in [3.63, 3.8) is 0 Å². The highest BCUT2D eigenvalue weighted by molar-refractivity contribution is 7.11. The Kier molecular flexibility index (Phi) is 6.92. The summed E-state index contributed by atoms with van der Waals surface area (Å²) in [5.41, 5.74) is 2.55. The van der Waals surface area contributed by atoms with E-state index in [-0.39, 0.29) is 18.3 Å². The molecule has 0 radical (unpaired) electrons. The quantitative estimate of drug-likeness (QED) is 0.586. The Balaban J connectivity index is 0.000000260. The van der Waals surface area contributed by atoms with Crippen LogP contribution in [0.2, 0.25) is 5.02 Å². The Bertz CT molecular complexity index is 1110. The molecule has 1 fully saturated rings. The van der Waals surface area contributed by atoms with Gasteiger partial charge >= 0.3 is 6.55 Å². The summed E-state index contributed by atoms with van der Waals surface area (Å²) in [4.78, 5) is 11.0. The van der Waals surface area contributed by atoms with E-state index in [0.29, 0.717) is 34.8 Å². The van der Waals surface area contributed by atoms with Gasteiger partial charge in [-0.2, -0.15) is 13.9 Å². The van der Waals surface area contributed by atoms with Gasteiger partial charge in [-0.25, -0.2) is 14.1 Å². The lowest BCUT2D eigenvalue weighted by Crippen LogP contribution is -2.32. The fourth-order valence-corrected chi connectivity index (χ4v) is 4.43. The first-order valence-electron chi connectivity index (χ1n) is 9.74. The molecule has 0 amide bonds. The lowest BCUT2D eigenvalue weighted by molar-refractivity contribution is 0.0566. The number of rotatable bonds is 4. The highest BCUT2D eigenvalue weighted by Gasteiger charge is 2.35. The van der Waals surface area contributed by atoms with Crippen molar-refractivity contribution in [3.8, 4) is 0 Å². The molecule has 4 heterocycles. The number of aliphatic hydroxyl groups is 1. The summed E-state index contributed by atoms with van der Waals surface area (Å²) in [5.74, 6) is 0.599. The number of allylic oxidation sites excluding steroid dienone is 1. The highest BCUT2D eigenvalue weighted by Crippen LogP contribution is 2.37. The van der Waals surface area contributed by atoms with Crippen LogP contribution in [-0.2, 0) is 0 Å². The van der Waals surface area contributed by atoms with E-state index in [0.717, 1.165) is 22.1 Å². The molecule has 2 aliphatic rings. The third-order valence-corrected chi connectivity index (χ3v) is 6.06. The topological polar surface area (TPSA) is 66.5 Å². The molecule has 1 N–H and O–H groups in total. The highest BCUT2D eigenvalue weighted by atomic mass is 35.5. The van der Waals surface area contributed by atoms with Gasteiger partial charge in [0.15, 0.2) is 10.8 Å². The predicted molar refractivity (Wildman–Crippen MR) is 117 cm³/mol. The van der Waals surface area contributed by atoms with Gasteiger partial charge in [0, 0.05) is 58.7 Å². The summed E-state index contributed by atoms with van der Waals surface area (Å²) in [7, 11) is 0. The maximum Gasteiger partial charge on any atom is 0.333 e. The minimum Gasteiger partial charge on any atom is -0.396 e. The Morgan fingerprint density at radius 3 is 2.75 bits per heavy atom. The number of fused-ring (bicyclic) bond motifs is 1. The Labute approximate surface area is 191 Å². The molecule has 2 aromatic heterocycles. The van der Waals surface area contributed by atoms with E-state index < -0.39 is 6.55 Å². The minimum absolute atomic E-state index is 0.0781. The molecule has 0 aliphatic carbocycles. The average molecular weight is 482 g/mol. The molecule has 0 spiro atoms. The maximum atomic E-state index is 12.8. The van der Waals surface area contributed by atoms with Crippen LogP contribution in [-0.4, -0.2) is 50.3 Å². The van der Waals surface area contributed by atoms with Crippen molar-refractivity contribution in [2.45, 2.75) is 13.0 Å². The summed E-state index contributed by atoms with van der Waals surface area (Å²) in [6, 6.07) is 5.82. The normalized spacial score (nSPS) is 17.9. The van der Waals surface area contributed by atoms with Crippen molar-refractivity contribution in [2.75, 3.05) is 19.7 Å². The molecule has 0 bridgehead atoms. The van der Waals surface area contributed by atoms with Gasteiger partial charge in [-0.1, -0.05) is 17.7 Å². The zero-order chi connectivity index (χ0) is 22.7. The van der Waals surface area contributed by atoms with Crippen LogP contribution in [0.15, 0.2) is 58.9 Å². The second-order valence-corrected chi connectivity index (χ2v) is 8.52. The standard InChI is InChI=1S/C15H15F2N5OS.C6H4ClF/c16-15(17)22-7-10(4-20-22)11-5-19-13(14-18-1-2-24-14)21-6-9(8-23)3-12(11)21;7-5-2-1-3-6(8)4-5/h1-2,4,7,9,15,23H,3,5-6,8H2;1-4H. The number of nitrogens with zero attached hydrogens (tertiary/aromatic N) is 5. The molecule has 1 atom stereocenters. The zero-order valence-electron chi connectivity index (χ0n) is 16.7. The maximum absolute atomic E-state index is 12.8. The SMILES string of the molecule is Fc1cccc(Cl)c1.OCC1CC2=C(c3cnn(C(F)F)c3)CN=C(c3nccs3)N2C1. The Hall–Kier alpha value is -2.69. The Morgan fingerprint density at radius 2 is 2.16 bits per heavy atom. The van der Waals surface area contributed by atoms with Crippen LogP contribution in [0.1, 0.15) is 23.5 Å². The summed E-state index contributed by atoms with van der Waals surface area (Å²) < 4.78 is 38.3. The van der Waals surface area contributed by atoms with Gasteiger partial charge in [0.1, 0.15) is 5.82 Å². The number of hydrogen-bond donors (Lipinski definition) is 1. The van der Waals surface area contributed by atoms with Gasteiger partial charge in [-0.3, -0.25) is 4.99 Å². The zero-order valence-corrected chi connectivity index (χ0v) is 18.3. The number of aromatic nitrogens is 3. The van der Waals surface area contributed by atoms with Gasteiger partial charge < -0.3 is 10.0 Å². The van der Waals surface area contributed by atoms with E-state index >= 15 is 0 Å². The van der Waals surface area contributed by atoms with Crippen LogP contribution in [0.25, 0.3) is 5.57 Å². The first-order chi connectivity index (χ1) is 15.5. The smallest absolute Gasteiger partial charge is 0.333 e. The molecule has 2 aliphatic heterocycles. The van der Waals surface area contributed by atoms with Gasteiger partial charge in [0.2, 0.25) is 0 Å². The lowest BCUT2D eigenvalue weighted by Gasteiger charge is -2.27. The van der Waals surface area contributed by atoms with E-state index in [1.807, 2.05) is 5.38 Å². The molecular weight excluding hydrogens is 463 g/mol. The van der Waals surface area contributed by atoms with Crippen LogP contribution in [0.4, 0.5) is 13.2 Å². The van der Waals surface area contributed by atoms with E-state index in [1.54, 1.807) is 18.3 Å². The first-order valence-corrected chi connectivity index (χ1v) is 11.0. The number of alkyl halides is 2. The second-order valence-electron chi connectivity index (χ2n) is 7.19. The fraction of sp³-hybridized carbons (Fsp3) is 0.286. The molecular formula is C21H19ClF3N5OS. The average Bonchev–Trinajstić information content (AvgIpc) is 3.53. The molecule has 3 aromatic rings. The van der Waals surface area contributed by atoms with Gasteiger partial charge in [0.05, 0.1) is 12.7 Å². The molecule has 1 aromatic carbocycles. The largest absolute Gasteiger partial charge is 0.396 e. The van der Waals surface area contributed by atoms with Crippen molar-refractivity contribution in [3.05, 3.63) is 75.3 Å². The molecule has 32 heavy (non-hydrogen) atoms. The number of hydrogen-bond acceptors (Lipinski definition) is 6. The van der Waals surface area contributed by atoms with Crippen molar-refractivity contribution in [1.29, 1.82) is 0 Å². The number of thiazole rings is 1. The second kappa shape index (κ2) is 9.85. The van der Waals surface area contributed by atoms with Crippen molar-refractivity contribution in [2.24, 2.45) is 10.9 Å². The van der Waals surface area contributed by atoms with E-state index in [4.69, 9.17) is 11.6 Å². The molecule has 11 heteroatoms. The predicted octanol–water partition coefficient (Wildman–Crippen LogP) is 4.70. The number of benzene rings is 1. The third-order valence-electron chi connectivity index (χ3n) is 5.06. The van der Waals surface area contributed by atoms with Crippen molar-refractivity contribution >= 4 is 34.3 Å². The molecule has 5 rings (SSSR count). The van der Waals surface area contributed by atoms with Crippen LogP contribution >= 0.6 is 22.9 Å². The molecule has 6 nitrogen and oxygen atoms in total. The summed E-state index contributed by atoms with van der Waals surface area (Å²) in [6.07, 6.45) is 5.22. The van der Waals surface area contributed by atoms with E-state index in [2.05, 4.69) is 20.0 Å². The lowest BCUT2D eigenvalue weighted by atomic mass is 10.0. The van der Waals surface area contributed by atoms with Crippen LogP contribution in [0, 0.1) is 11.7 Å². The molecule has 1 unspecified atom stereocenters. The fourth-order valence-electron chi connectivity index (χ4n) is 3.61. The minimum atomic E-state index is -2.66. The van der Waals surface area contributed by atoms with E-state index in [1.165, 1.54) is 35.9 Å². The molecule has 1 saturated heterocycles. The number of aliphatic hydroxyl groups excluding tert-OH is 1. The van der Waals surface area contributed by atoms with Gasteiger partial charge in [-0.15, -0.1) is 11.3 Å². The third kappa shape index (κ3) is 4.87. The summed E-state index contributed by atoms with van der Waals surface area (Å²) >= 11 is 6.91. The number of aliphatic imine (C=N–C) groups is 1. The van der Waals surface area contributed by atoms with Gasteiger partial charge in [-0.05, 0) is 24.6 Å². The van der Waals surface area contributed by atoms with Crippen molar-refractivity contribution in [1.82, 2.24) is 19.7 Å². The van der Waals surface area contributed by atoms with Crippen molar-refractivity contribution < 1.29 is 18.3 Å². The number of amidine groups is 1. The summed E-state index contributed by atoms with van der Waals surface area (Å²) in [5, 5.41) is 16.4. The monoisotopic (exact) mass is 481 g/mol. The first kappa shape index (κ1) is 22.5. The molecule has 168 valence electrons. The Morgan fingerprint density at radius 1 is 1.31 bits per heavy atom. The van der Waals surface area contributed by atoms with E-state index in [9.17, 15) is 18.3 Å². The summed E-state index contributed by atoms with van der Waals surface area (Å²) in [6.45, 7) is -1.54.